The lowest BCUT2D eigenvalue weighted by atomic mass is 9.85. The van der Waals surface area contributed by atoms with Crippen molar-refractivity contribution in [2.24, 2.45) is 11.8 Å². The largest absolute Gasteiger partial charge is 0.508 e. The zero-order valence-corrected chi connectivity index (χ0v) is 18.9. The molecule has 1 aromatic rings. The number of aliphatic hydroxyl groups is 5. The van der Waals surface area contributed by atoms with Gasteiger partial charge in [0.05, 0.1) is 25.4 Å². The highest BCUT2D eigenvalue weighted by Gasteiger charge is 2.77. The second kappa shape index (κ2) is 9.72. The number of phenols is 1. The van der Waals surface area contributed by atoms with E-state index in [9.17, 15) is 35.4 Å². The van der Waals surface area contributed by atoms with Crippen LogP contribution in [0.5, 0.6) is 5.75 Å². The van der Waals surface area contributed by atoms with Crippen LogP contribution in [0.3, 0.4) is 0 Å². The van der Waals surface area contributed by atoms with E-state index in [1.165, 1.54) is 30.5 Å². The lowest BCUT2D eigenvalue weighted by molar-refractivity contribution is -0.344. The van der Waals surface area contributed by atoms with Gasteiger partial charge < -0.3 is 54.3 Å². The predicted octanol–water partition coefficient (Wildman–Crippen LogP) is -1.62. The van der Waals surface area contributed by atoms with E-state index in [4.69, 9.17) is 23.7 Å². The summed E-state index contributed by atoms with van der Waals surface area (Å²) < 4.78 is 28.3. The first-order chi connectivity index (χ1) is 17.3. The van der Waals surface area contributed by atoms with Gasteiger partial charge >= 0.3 is 5.97 Å². The number of aliphatic hydroxyl groups excluding tert-OH is 5. The summed E-state index contributed by atoms with van der Waals surface area (Å²) in [6.07, 6.45) is -4.18. The molecule has 6 N–H and O–H groups in total. The molecule has 3 fully saturated rings. The fourth-order valence-electron chi connectivity index (χ4n) is 5.21. The molecule has 11 atom stereocenters. The molecule has 12 heteroatoms. The third-order valence-corrected chi connectivity index (χ3v) is 7.16. The maximum absolute atomic E-state index is 12.6. The molecule has 1 saturated carbocycles. The van der Waals surface area contributed by atoms with Crippen molar-refractivity contribution in [2.75, 3.05) is 13.2 Å². The molecule has 3 heterocycles. The highest BCUT2D eigenvalue weighted by molar-refractivity contribution is 5.87. The van der Waals surface area contributed by atoms with Crippen LogP contribution in [0.25, 0.3) is 6.08 Å². The highest BCUT2D eigenvalue weighted by atomic mass is 16.8. The Bertz CT molecular complexity index is 1010. The first-order valence-corrected chi connectivity index (χ1v) is 11.5. The summed E-state index contributed by atoms with van der Waals surface area (Å²) >= 11 is 0. The summed E-state index contributed by atoms with van der Waals surface area (Å²) in [7, 11) is 0. The Hall–Kier alpha value is -2.55. The number of carbonyl (C=O) groups is 1. The number of carbonyl (C=O) groups excluding carboxylic acids is 1. The normalized spacial score (nSPS) is 43.0. The Balaban J connectivity index is 1.30. The minimum absolute atomic E-state index is 0.102. The molecule has 2 saturated heterocycles. The summed E-state index contributed by atoms with van der Waals surface area (Å²) in [4.78, 5) is 12.6. The van der Waals surface area contributed by atoms with Gasteiger partial charge in [0.25, 0.3) is 0 Å². The Morgan fingerprint density at radius 1 is 1.06 bits per heavy atom. The summed E-state index contributed by atoms with van der Waals surface area (Å²) in [6, 6.07) is 6.24. The van der Waals surface area contributed by atoms with Gasteiger partial charge in [0.2, 0.25) is 6.29 Å². The van der Waals surface area contributed by atoms with Crippen molar-refractivity contribution in [1.82, 2.24) is 0 Å². The maximum atomic E-state index is 12.6. The monoisotopic (exact) mass is 508 g/mol. The first-order valence-electron chi connectivity index (χ1n) is 11.5. The molecule has 5 rings (SSSR count). The minimum atomic E-state index is -1.64. The molecule has 0 unspecified atom stereocenters. The van der Waals surface area contributed by atoms with Crippen LogP contribution in [0.15, 0.2) is 42.7 Å². The van der Waals surface area contributed by atoms with E-state index in [-0.39, 0.29) is 5.75 Å². The molecular formula is C24H28O12. The number of aromatic hydroxyl groups is 1. The second-order valence-electron chi connectivity index (χ2n) is 9.25. The van der Waals surface area contributed by atoms with E-state index in [0.29, 0.717) is 5.56 Å². The Morgan fingerprint density at radius 3 is 2.50 bits per heavy atom. The Kier molecular flexibility index (Phi) is 6.78. The van der Waals surface area contributed by atoms with Crippen molar-refractivity contribution < 1.29 is 59.1 Å². The first kappa shape index (κ1) is 25.1. The summed E-state index contributed by atoms with van der Waals surface area (Å²) in [5.41, 5.74) is -0.444. The van der Waals surface area contributed by atoms with E-state index >= 15 is 0 Å². The number of esters is 1. The van der Waals surface area contributed by atoms with Crippen LogP contribution in [0.2, 0.25) is 0 Å². The van der Waals surface area contributed by atoms with Gasteiger partial charge in [-0.2, -0.15) is 0 Å². The Morgan fingerprint density at radius 2 is 1.81 bits per heavy atom. The van der Waals surface area contributed by atoms with Crippen LogP contribution in [0, 0.1) is 11.8 Å². The minimum Gasteiger partial charge on any atom is -0.508 e. The zero-order chi connectivity index (χ0) is 25.6. The smallest absolute Gasteiger partial charge is 0.331 e. The quantitative estimate of drug-likeness (QED) is 0.141. The van der Waals surface area contributed by atoms with Crippen LogP contribution in [0.1, 0.15) is 5.56 Å². The van der Waals surface area contributed by atoms with Crippen LogP contribution in [-0.2, 0) is 28.5 Å². The van der Waals surface area contributed by atoms with Crippen LogP contribution in [-0.4, -0.2) is 105 Å². The Labute approximate surface area is 205 Å². The van der Waals surface area contributed by atoms with Gasteiger partial charge in [0.15, 0.2) is 6.29 Å². The maximum Gasteiger partial charge on any atom is 0.331 e. The SMILES string of the molecule is O=C(/C=C\c1ccc(O)cc1)O[C@H]1[C@@H]2C=CO[C@@H](O[C@@H]3O[C@H](CO)[C@@H](O)[C@H](O)[C@H]3O)[C@@H]2[C@@]2(CO)O[C@@H]12. The molecule has 0 bridgehead atoms. The number of epoxide rings is 1. The molecular weight excluding hydrogens is 480 g/mol. The molecule has 3 aliphatic heterocycles. The van der Waals surface area contributed by atoms with Gasteiger partial charge in [-0.3, -0.25) is 0 Å². The van der Waals surface area contributed by atoms with E-state index in [2.05, 4.69) is 0 Å². The van der Waals surface area contributed by atoms with Gasteiger partial charge in [-0.25, -0.2) is 4.79 Å². The van der Waals surface area contributed by atoms with Crippen molar-refractivity contribution >= 4 is 12.0 Å². The number of rotatable bonds is 7. The topological polar surface area (TPSA) is 188 Å². The molecule has 196 valence electrons. The van der Waals surface area contributed by atoms with Gasteiger partial charge in [0, 0.05) is 12.0 Å². The van der Waals surface area contributed by atoms with Gasteiger partial charge in [-0.1, -0.05) is 12.1 Å². The third kappa shape index (κ3) is 4.29. The van der Waals surface area contributed by atoms with E-state index in [1.807, 2.05) is 0 Å². The molecule has 4 aliphatic rings. The fourth-order valence-corrected chi connectivity index (χ4v) is 5.21. The average molecular weight is 508 g/mol. The van der Waals surface area contributed by atoms with Gasteiger partial charge in [0.1, 0.15) is 48.0 Å². The standard InChI is InChI=1S/C24H28O12/c25-9-14-17(29)18(30)19(31)23(33-14)35-22-16-13(7-8-32-22)20(21-24(16,10-26)36-21)34-15(28)6-3-11-1-4-12(27)5-2-11/h1-8,13-14,16-23,25-27,29-31H,9-10H2/b6-3-/t13-,14-,16-,17-,18+,19-,20+,21+,22+,23+,24-/m1/s1. The molecule has 0 radical (unpaired) electrons. The number of fused-ring (bicyclic) bond motifs is 3. The second-order valence-corrected chi connectivity index (χ2v) is 9.25. The van der Waals surface area contributed by atoms with E-state index < -0.39 is 85.8 Å². The molecule has 1 aliphatic carbocycles. The number of phenolic OH excluding ortho intramolecular Hbond substituents is 1. The molecule has 0 aromatic heterocycles. The van der Waals surface area contributed by atoms with Crippen molar-refractivity contribution in [2.45, 2.75) is 54.8 Å². The van der Waals surface area contributed by atoms with Crippen LogP contribution >= 0.6 is 0 Å². The molecule has 0 spiro atoms. The molecule has 0 amide bonds. The predicted molar refractivity (Wildman–Crippen MR) is 118 cm³/mol. The van der Waals surface area contributed by atoms with Gasteiger partial charge in [-0.15, -0.1) is 0 Å². The van der Waals surface area contributed by atoms with Crippen LogP contribution in [0.4, 0.5) is 0 Å². The summed E-state index contributed by atoms with van der Waals surface area (Å²) in [5, 5.41) is 59.3. The van der Waals surface area contributed by atoms with Crippen LogP contribution < -0.4 is 0 Å². The van der Waals surface area contributed by atoms with Crippen molar-refractivity contribution in [3.05, 3.63) is 48.2 Å². The zero-order valence-electron chi connectivity index (χ0n) is 18.9. The number of benzene rings is 1. The van der Waals surface area contributed by atoms with Crippen molar-refractivity contribution in [3.8, 4) is 5.75 Å². The van der Waals surface area contributed by atoms with Crippen molar-refractivity contribution in [1.29, 1.82) is 0 Å². The molecule has 36 heavy (non-hydrogen) atoms. The van der Waals surface area contributed by atoms with E-state index in [0.717, 1.165) is 0 Å². The van der Waals surface area contributed by atoms with Crippen molar-refractivity contribution in [3.63, 3.8) is 0 Å². The molecule has 12 nitrogen and oxygen atoms in total. The molecule has 1 aromatic carbocycles. The highest BCUT2D eigenvalue weighted by Crippen LogP contribution is 2.60. The third-order valence-electron chi connectivity index (χ3n) is 7.16. The summed E-state index contributed by atoms with van der Waals surface area (Å²) in [5.74, 6) is -1.67. The lowest BCUT2D eigenvalue weighted by Gasteiger charge is -2.43. The number of hydrogen-bond donors (Lipinski definition) is 6. The van der Waals surface area contributed by atoms with Gasteiger partial charge in [-0.05, 0) is 29.8 Å². The van der Waals surface area contributed by atoms with E-state index in [1.54, 1.807) is 18.2 Å². The average Bonchev–Trinajstić information content (AvgIpc) is 3.56. The lowest BCUT2D eigenvalue weighted by Crippen LogP contribution is -2.60. The number of ether oxygens (including phenoxy) is 5. The summed E-state index contributed by atoms with van der Waals surface area (Å²) in [6.45, 7) is -1.04. The fraction of sp³-hybridized carbons (Fsp3) is 0.542. The number of hydrogen-bond acceptors (Lipinski definition) is 12.